The Bertz CT molecular complexity index is 841. The molecule has 0 N–H and O–H groups in total. The van der Waals surface area contributed by atoms with Crippen LogP contribution in [0.25, 0.3) is 11.0 Å². The van der Waals surface area contributed by atoms with Crippen LogP contribution in [0.4, 0.5) is 0 Å². The van der Waals surface area contributed by atoms with E-state index in [4.69, 9.17) is 11.6 Å². The van der Waals surface area contributed by atoms with E-state index in [0.717, 1.165) is 21.3 Å². The zero-order chi connectivity index (χ0) is 15.0. The molecule has 3 rings (SSSR count). The number of hydrogen-bond donors (Lipinski definition) is 0. The molecule has 0 unspecified atom stereocenters. The van der Waals surface area contributed by atoms with Gasteiger partial charge in [0.15, 0.2) is 5.78 Å². The number of aryl methyl sites for hydroxylation is 1. The van der Waals surface area contributed by atoms with Gasteiger partial charge in [0.25, 0.3) is 0 Å². The summed E-state index contributed by atoms with van der Waals surface area (Å²) in [4.78, 5) is 17.0. The van der Waals surface area contributed by atoms with E-state index >= 15 is 0 Å². The molecule has 0 aliphatic heterocycles. The lowest BCUT2D eigenvalue weighted by atomic mass is 10.1. The number of carbonyl (C=O) groups is 1. The highest BCUT2D eigenvalue weighted by atomic mass is 79.9. The van der Waals surface area contributed by atoms with Crippen LogP contribution in [-0.2, 0) is 13.5 Å². The van der Waals surface area contributed by atoms with Crippen molar-refractivity contribution < 1.29 is 4.79 Å². The second-order valence-corrected chi connectivity index (χ2v) is 6.01. The maximum Gasteiger partial charge on any atom is 0.171 e. The van der Waals surface area contributed by atoms with Crippen LogP contribution in [-0.4, -0.2) is 15.3 Å². The molecule has 0 saturated carbocycles. The first kappa shape index (κ1) is 14.3. The van der Waals surface area contributed by atoms with E-state index in [1.807, 2.05) is 41.9 Å². The smallest absolute Gasteiger partial charge is 0.171 e. The molecule has 0 bridgehead atoms. The number of hydrogen-bond acceptors (Lipinski definition) is 2. The van der Waals surface area contributed by atoms with Gasteiger partial charge in [0.05, 0.1) is 22.5 Å². The average molecular weight is 364 g/mol. The molecule has 3 nitrogen and oxygen atoms in total. The number of rotatable bonds is 3. The molecule has 106 valence electrons. The molecule has 2 aromatic carbocycles. The first-order valence-corrected chi connectivity index (χ1v) is 7.62. The van der Waals surface area contributed by atoms with E-state index in [1.165, 1.54) is 0 Å². The Hall–Kier alpha value is -1.65. The molecule has 0 amide bonds. The fraction of sp³-hybridized carbons (Fsp3) is 0.125. The molecule has 1 aromatic heterocycles. The number of imidazole rings is 1. The third-order valence-electron chi connectivity index (χ3n) is 3.45. The van der Waals surface area contributed by atoms with Gasteiger partial charge in [-0.25, -0.2) is 4.98 Å². The molecule has 0 radical (unpaired) electrons. The molecule has 0 spiro atoms. The number of aromatic nitrogens is 2. The minimum absolute atomic E-state index is 0.0419. The number of fused-ring (bicyclic) bond motifs is 1. The molecule has 5 heteroatoms. The summed E-state index contributed by atoms with van der Waals surface area (Å²) < 4.78 is 2.67. The van der Waals surface area contributed by atoms with Gasteiger partial charge in [0, 0.05) is 17.1 Å². The summed E-state index contributed by atoms with van der Waals surface area (Å²) in [5.41, 5.74) is 2.42. The van der Waals surface area contributed by atoms with E-state index in [2.05, 4.69) is 20.9 Å². The molecule has 3 aromatic rings. The van der Waals surface area contributed by atoms with Crippen LogP contribution in [0.3, 0.4) is 0 Å². The van der Waals surface area contributed by atoms with Crippen LogP contribution < -0.4 is 0 Å². The Morgan fingerprint density at radius 2 is 2.00 bits per heavy atom. The zero-order valence-electron chi connectivity index (χ0n) is 11.3. The minimum atomic E-state index is -0.0419. The summed E-state index contributed by atoms with van der Waals surface area (Å²) in [5.74, 6) is 0.692. The topological polar surface area (TPSA) is 34.9 Å². The number of carbonyl (C=O) groups excluding carboxylic acids is 1. The summed E-state index contributed by atoms with van der Waals surface area (Å²) in [6.07, 6.45) is 0.224. The molecule has 0 fully saturated rings. The van der Waals surface area contributed by atoms with E-state index in [0.29, 0.717) is 10.6 Å². The molecule has 0 atom stereocenters. The summed E-state index contributed by atoms with van der Waals surface area (Å²) in [6.45, 7) is 0. The number of halogens is 2. The quantitative estimate of drug-likeness (QED) is 0.646. The van der Waals surface area contributed by atoms with Crippen LogP contribution >= 0.6 is 27.5 Å². The highest BCUT2D eigenvalue weighted by Crippen LogP contribution is 2.27. The van der Waals surface area contributed by atoms with E-state index in [9.17, 15) is 4.79 Å². The fourth-order valence-corrected chi connectivity index (χ4v) is 2.91. The maximum absolute atomic E-state index is 12.5. The van der Waals surface area contributed by atoms with Crippen LogP contribution in [0, 0.1) is 0 Å². The van der Waals surface area contributed by atoms with Crippen molar-refractivity contribution in [2.45, 2.75) is 6.42 Å². The first-order valence-electron chi connectivity index (χ1n) is 6.45. The molecule has 0 aliphatic carbocycles. The van der Waals surface area contributed by atoms with Gasteiger partial charge < -0.3 is 4.57 Å². The van der Waals surface area contributed by atoms with Crippen LogP contribution in [0.5, 0.6) is 0 Å². The molecule has 0 aliphatic rings. The van der Waals surface area contributed by atoms with Gasteiger partial charge in [-0.1, -0.05) is 29.8 Å². The van der Waals surface area contributed by atoms with Gasteiger partial charge in [0.1, 0.15) is 5.82 Å². The van der Waals surface area contributed by atoms with Gasteiger partial charge >= 0.3 is 0 Å². The molecule has 21 heavy (non-hydrogen) atoms. The van der Waals surface area contributed by atoms with Crippen molar-refractivity contribution in [2.75, 3.05) is 0 Å². The van der Waals surface area contributed by atoms with Crippen LogP contribution in [0.2, 0.25) is 5.02 Å². The minimum Gasteiger partial charge on any atom is -0.331 e. The Kier molecular flexibility index (Phi) is 3.83. The summed E-state index contributed by atoms with van der Waals surface area (Å²) in [6, 6.07) is 13.2. The number of benzene rings is 2. The van der Waals surface area contributed by atoms with Crippen molar-refractivity contribution in [3.05, 3.63) is 63.3 Å². The number of para-hydroxylation sites is 2. The number of nitrogens with zero attached hydrogens (tertiary/aromatic N) is 2. The van der Waals surface area contributed by atoms with Crippen molar-refractivity contribution >= 4 is 44.3 Å². The molecular weight excluding hydrogens is 352 g/mol. The van der Waals surface area contributed by atoms with Crippen LogP contribution in [0.1, 0.15) is 16.2 Å². The molecule has 0 saturated heterocycles. The van der Waals surface area contributed by atoms with Crippen molar-refractivity contribution in [3.63, 3.8) is 0 Å². The first-order chi connectivity index (χ1) is 10.1. The van der Waals surface area contributed by atoms with Gasteiger partial charge in [-0.2, -0.15) is 0 Å². The fourth-order valence-electron chi connectivity index (χ4n) is 2.31. The summed E-state index contributed by atoms with van der Waals surface area (Å²) in [7, 11) is 1.92. The average Bonchev–Trinajstić information content (AvgIpc) is 2.79. The third-order valence-corrected chi connectivity index (χ3v) is 4.75. The highest BCUT2D eigenvalue weighted by Gasteiger charge is 2.16. The van der Waals surface area contributed by atoms with Crippen molar-refractivity contribution in [1.29, 1.82) is 0 Å². The predicted octanol–water partition coefficient (Wildman–Crippen LogP) is 4.41. The maximum atomic E-state index is 12.5. The second kappa shape index (κ2) is 5.62. The zero-order valence-corrected chi connectivity index (χ0v) is 13.6. The standard InChI is InChI=1S/C16H12BrClN2O/c1-20-13-8-3-2-7-12(13)19-15(20)9-14(21)10-5-4-6-11(17)16(10)18/h2-8H,9H2,1H3. The molecular formula is C16H12BrClN2O. The summed E-state index contributed by atoms with van der Waals surface area (Å²) in [5, 5.41) is 0.446. The largest absolute Gasteiger partial charge is 0.331 e. The lowest BCUT2D eigenvalue weighted by Gasteiger charge is -2.05. The predicted molar refractivity (Wildman–Crippen MR) is 87.9 cm³/mol. The van der Waals surface area contributed by atoms with Crippen molar-refractivity contribution in [2.24, 2.45) is 7.05 Å². The number of Topliss-reactive ketones (excluding diaryl/α,β-unsaturated/α-hetero) is 1. The number of ketones is 1. The van der Waals surface area contributed by atoms with Gasteiger partial charge in [-0.05, 0) is 40.2 Å². The Morgan fingerprint density at radius 1 is 1.24 bits per heavy atom. The molecule has 1 heterocycles. The Morgan fingerprint density at radius 3 is 2.76 bits per heavy atom. The van der Waals surface area contributed by atoms with Gasteiger partial charge in [0.2, 0.25) is 0 Å². The van der Waals surface area contributed by atoms with E-state index in [1.54, 1.807) is 12.1 Å². The van der Waals surface area contributed by atoms with Crippen LogP contribution in [0.15, 0.2) is 46.9 Å². The summed E-state index contributed by atoms with van der Waals surface area (Å²) >= 11 is 9.52. The SMILES string of the molecule is Cn1c(CC(=O)c2cccc(Br)c2Cl)nc2ccccc21. The van der Waals surface area contributed by atoms with Gasteiger partial charge in [-0.15, -0.1) is 0 Å². The Labute approximate surface area is 135 Å². The third kappa shape index (κ3) is 2.61. The van der Waals surface area contributed by atoms with E-state index in [-0.39, 0.29) is 12.2 Å². The lowest BCUT2D eigenvalue weighted by molar-refractivity contribution is 0.0990. The normalized spacial score (nSPS) is 11.0. The lowest BCUT2D eigenvalue weighted by Crippen LogP contribution is -2.09. The Balaban J connectivity index is 1.97. The van der Waals surface area contributed by atoms with Crippen molar-refractivity contribution in [1.82, 2.24) is 9.55 Å². The van der Waals surface area contributed by atoms with Gasteiger partial charge in [-0.3, -0.25) is 4.79 Å². The highest BCUT2D eigenvalue weighted by molar-refractivity contribution is 9.10. The monoisotopic (exact) mass is 362 g/mol. The van der Waals surface area contributed by atoms with Crippen molar-refractivity contribution in [3.8, 4) is 0 Å². The van der Waals surface area contributed by atoms with E-state index < -0.39 is 0 Å². The second-order valence-electron chi connectivity index (χ2n) is 4.78.